The van der Waals surface area contributed by atoms with Crippen molar-refractivity contribution in [2.24, 2.45) is 0 Å². The molecule has 1 aromatic rings. The Bertz CT molecular complexity index is 495. The van der Waals surface area contributed by atoms with Crippen LogP contribution in [0, 0.1) is 6.92 Å². The average molecular weight is 294 g/mol. The van der Waals surface area contributed by atoms with Crippen LogP contribution in [-0.2, 0) is 4.74 Å². The second-order valence-corrected chi connectivity index (χ2v) is 6.34. The number of rotatable bonds is 4. The Morgan fingerprint density at radius 3 is 2.43 bits per heavy atom. The van der Waals surface area contributed by atoms with E-state index in [9.17, 15) is 4.79 Å². The van der Waals surface area contributed by atoms with Gasteiger partial charge in [0.05, 0.1) is 11.9 Å². The maximum Gasteiger partial charge on any atom is 0.416 e. The molecule has 0 atom stereocenters. The van der Waals surface area contributed by atoms with Crippen molar-refractivity contribution >= 4 is 17.6 Å². The topological polar surface area (TPSA) is 71.7 Å². The molecule has 0 bridgehead atoms. The number of aromatic nitrogens is 1. The molecule has 0 saturated carbocycles. The number of amides is 1. The number of nitrogens with zero attached hydrogens (tertiary/aromatic N) is 3. The lowest BCUT2D eigenvalue weighted by atomic mass is 10.2. The van der Waals surface area contributed by atoms with Gasteiger partial charge in [-0.2, -0.15) is 0 Å². The minimum Gasteiger partial charge on any atom is -0.443 e. The smallest absolute Gasteiger partial charge is 0.416 e. The van der Waals surface area contributed by atoms with E-state index in [1.54, 1.807) is 17.2 Å². The lowest BCUT2D eigenvalue weighted by Gasteiger charge is -2.28. The summed E-state index contributed by atoms with van der Waals surface area (Å²) in [5.41, 5.74) is 6.60. The van der Waals surface area contributed by atoms with Crippen molar-refractivity contribution in [2.75, 3.05) is 37.8 Å². The predicted octanol–water partition coefficient (Wildman–Crippen LogP) is 2.28. The van der Waals surface area contributed by atoms with E-state index in [0.29, 0.717) is 24.6 Å². The zero-order chi connectivity index (χ0) is 16.2. The molecule has 6 nitrogen and oxygen atoms in total. The molecular weight excluding hydrogens is 268 g/mol. The van der Waals surface area contributed by atoms with Crippen LogP contribution in [0.4, 0.5) is 16.3 Å². The maximum absolute atomic E-state index is 12.4. The highest BCUT2D eigenvalue weighted by atomic mass is 16.6. The van der Waals surface area contributed by atoms with Crippen LogP contribution < -0.4 is 10.6 Å². The highest BCUT2D eigenvalue weighted by Gasteiger charge is 2.25. The zero-order valence-electron chi connectivity index (χ0n) is 13.8. The lowest BCUT2D eigenvalue weighted by Crippen LogP contribution is -2.41. The van der Waals surface area contributed by atoms with Crippen molar-refractivity contribution in [3.63, 3.8) is 0 Å². The van der Waals surface area contributed by atoms with Crippen LogP contribution in [0.2, 0.25) is 0 Å². The molecule has 0 aliphatic heterocycles. The van der Waals surface area contributed by atoms with Crippen molar-refractivity contribution in [1.82, 2.24) is 9.88 Å². The molecule has 0 saturated heterocycles. The van der Waals surface area contributed by atoms with Crippen molar-refractivity contribution in [3.05, 3.63) is 17.8 Å². The number of nitrogens with two attached hydrogens (primary N) is 1. The Hall–Kier alpha value is -1.82. The molecular formula is C15H26N4O2. The van der Waals surface area contributed by atoms with Crippen LogP contribution in [0.25, 0.3) is 0 Å². The zero-order valence-corrected chi connectivity index (χ0v) is 13.8. The summed E-state index contributed by atoms with van der Waals surface area (Å²) < 4.78 is 5.47. The summed E-state index contributed by atoms with van der Waals surface area (Å²) in [6.07, 6.45) is 1.15. The highest BCUT2D eigenvalue weighted by molar-refractivity contribution is 5.87. The van der Waals surface area contributed by atoms with Crippen LogP contribution in [0.1, 0.15) is 26.3 Å². The summed E-state index contributed by atoms with van der Waals surface area (Å²) in [4.78, 5) is 20.3. The van der Waals surface area contributed by atoms with Gasteiger partial charge < -0.3 is 15.4 Å². The molecule has 21 heavy (non-hydrogen) atoms. The van der Waals surface area contributed by atoms with E-state index >= 15 is 0 Å². The molecule has 6 heteroatoms. The number of anilines is 2. The fraction of sp³-hybridized carbons (Fsp3) is 0.600. The first-order valence-electron chi connectivity index (χ1n) is 6.97. The quantitative estimate of drug-likeness (QED) is 0.922. The third-order valence-electron chi connectivity index (χ3n) is 2.71. The van der Waals surface area contributed by atoms with Crippen LogP contribution in [-0.4, -0.2) is 48.8 Å². The molecule has 118 valence electrons. The third-order valence-corrected chi connectivity index (χ3v) is 2.71. The van der Waals surface area contributed by atoms with E-state index in [4.69, 9.17) is 10.5 Å². The van der Waals surface area contributed by atoms with Gasteiger partial charge >= 0.3 is 6.09 Å². The molecule has 0 unspecified atom stereocenters. The number of likely N-dealkylation sites (N-methyl/N-ethyl adjacent to an activating group) is 1. The van der Waals surface area contributed by atoms with Gasteiger partial charge in [-0.15, -0.1) is 0 Å². The number of carbonyl (C=O) groups excluding carboxylic acids is 1. The predicted molar refractivity (Wildman–Crippen MR) is 85.5 cm³/mol. The number of hydrogen-bond donors (Lipinski definition) is 1. The van der Waals surface area contributed by atoms with Crippen molar-refractivity contribution in [2.45, 2.75) is 33.3 Å². The second-order valence-electron chi connectivity index (χ2n) is 6.34. The molecule has 1 rings (SSSR count). The number of carbonyl (C=O) groups is 1. The Labute approximate surface area is 126 Å². The second kappa shape index (κ2) is 6.76. The third kappa shape index (κ3) is 5.59. The Balaban J connectivity index is 3.03. The Morgan fingerprint density at radius 2 is 1.95 bits per heavy atom. The standard InChI is InChI=1S/C15H26N4O2/c1-11-9-12(16)10-17-13(11)19(8-7-18(5)6)14(20)21-15(2,3)4/h9-10H,7-8,16H2,1-6H3. The molecule has 0 fully saturated rings. The average Bonchev–Trinajstić information content (AvgIpc) is 2.29. The van der Waals surface area contributed by atoms with Crippen LogP contribution >= 0.6 is 0 Å². The van der Waals surface area contributed by atoms with Gasteiger partial charge in [0.1, 0.15) is 11.4 Å². The summed E-state index contributed by atoms with van der Waals surface area (Å²) in [5, 5.41) is 0. The van der Waals surface area contributed by atoms with E-state index < -0.39 is 11.7 Å². The van der Waals surface area contributed by atoms with Gasteiger partial charge in [-0.05, 0) is 53.4 Å². The van der Waals surface area contributed by atoms with Crippen LogP contribution in [0.5, 0.6) is 0 Å². The molecule has 1 aromatic heterocycles. The van der Waals surface area contributed by atoms with Crippen LogP contribution in [0.15, 0.2) is 12.3 Å². The number of hydrogen-bond acceptors (Lipinski definition) is 5. The normalized spacial score (nSPS) is 11.6. The Morgan fingerprint density at radius 1 is 1.33 bits per heavy atom. The molecule has 2 N–H and O–H groups in total. The minimum absolute atomic E-state index is 0.398. The minimum atomic E-state index is -0.546. The summed E-state index contributed by atoms with van der Waals surface area (Å²) >= 11 is 0. The number of aryl methyl sites for hydroxylation is 1. The van der Waals surface area contributed by atoms with E-state index in [1.807, 2.05) is 46.7 Å². The van der Waals surface area contributed by atoms with Crippen molar-refractivity contribution < 1.29 is 9.53 Å². The van der Waals surface area contributed by atoms with Gasteiger partial charge in [0.2, 0.25) is 0 Å². The number of ether oxygens (including phenoxy) is 1. The summed E-state index contributed by atoms with van der Waals surface area (Å²) in [5.74, 6) is 0.584. The van der Waals surface area contributed by atoms with Gasteiger partial charge in [0.15, 0.2) is 0 Å². The Kier molecular flexibility index (Phi) is 5.54. The van der Waals surface area contributed by atoms with Gasteiger partial charge in [0.25, 0.3) is 0 Å². The van der Waals surface area contributed by atoms with E-state index in [0.717, 1.165) is 5.56 Å². The molecule has 0 aromatic carbocycles. The summed E-state index contributed by atoms with van der Waals surface area (Å²) in [6, 6.07) is 1.80. The molecule has 0 aliphatic carbocycles. The summed E-state index contributed by atoms with van der Waals surface area (Å²) in [6.45, 7) is 8.63. The van der Waals surface area contributed by atoms with Crippen molar-refractivity contribution in [1.29, 1.82) is 0 Å². The SMILES string of the molecule is Cc1cc(N)cnc1N(CCN(C)C)C(=O)OC(C)(C)C. The number of nitrogen functional groups attached to an aromatic ring is 1. The monoisotopic (exact) mass is 294 g/mol. The highest BCUT2D eigenvalue weighted by Crippen LogP contribution is 2.21. The lowest BCUT2D eigenvalue weighted by molar-refractivity contribution is 0.0577. The van der Waals surface area contributed by atoms with Gasteiger partial charge in [-0.3, -0.25) is 4.90 Å². The van der Waals surface area contributed by atoms with E-state index in [-0.39, 0.29) is 0 Å². The fourth-order valence-corrected chi connectivity index (χ4v) is 1.77. The molecule has 1 amide bonds. The fourth-order valence-electron chi connectivity index (χ4n) is 1.77. The largest absolute Gasteiger partial charge is 0.443 e. The first-order chi connectivity index (χ1) is 9.60. The van der Waals surface area contributed by atoms with Crippen LogP contribution in [0.3, 0.4) is 0 Å². The number of pyridine rings is 1. The first-order valence-corrected chi connectivity index (χ1v) is 6.97. The van der Waals surface area contributed by atoms with E-state index in [1.165, 1.54) is 0 Å². The molecule has 0 aliphatic rings. The maximum atomic E-state index is 12.4. The summed E-state index contributed by atoms with van der Waals surface area (Å²) in [7, 11) is 3.91. The van der Waals surface area contributed by atoms with Crippen molar-refractivity contribution in [3.8, 4) is 0 Å². The molecule has 0 radical (unpaired) electrons. The van der Waals surface area contributed by atoms with Gasteiger partial charge in [-0.1, -0.05) is 0 Å². The van der Waals surface area contributed by atoms with Gasteiger partial charge in [-0.25, -0.2) is 9.78 Å². The molecule has 1 heterocycles. The first kappa shape index (κ1) is 17.2. The molecule has 0 spiro atoms. The van der Waals surface area contributed by atoms with E-state index in [2.05, 4.69) is 4.98 Å². The van der Waals surface area contributed by atoms with Gasteiger partial charge in [0, 0.05) is 13.1 Å².